The van der Waals surface area contributed by atoms with Crippen LogP contribution in [0.4, 0.5) is 17.1 Å². The van der Waals surface area contributed by atoms with Crippen molar-refractivity contribution in [3.63, 3.8) is 0 Å². The molecule has 0 saturated heterocycles. The maximum atomic E-state index is 6.89. The Hall–Kier alpha value is -6.59. The predicted octanol–water partition coefficient (Wildman–Crippen LogP) is 11.4. The molecule has 0 radical (unpaired) electrons. The highest BCUT2D eigenvalue weighted by molar-refractivity contribution is 6.23. The maximum absolute atomic E-state index is 6.89. The first kappa shape index (κ1) is 27.7. The van der Waals surface area contributed by atoms with Crippen LogP contribution in [0, 0.1) is 0 Å². The maximum Gasteiger partial charge on any atom is 0.164 e. The molecule has 0 saturated carbocycles. The minimum absolute atomic E-state index is 0.594. The van der Waals surface area contributed by atoms with Crippen LogP contribution < -0.4 is 4.90 Å². The Labute approximate surface area is 277 Å². The molecule has 0 aliphatic heterocycles. The number of aromatic nitrogens is 3. The molecule has 0 amide bonds. The lowest BCUT2D eigenvalue weighted by atomic mass is 9.98. The van der Waals surface area contributed by atoms with Gasteiger partial charge in [-0.3, -0.25) is 0 Å². The quantitative estimate of drug-likeness (QED) is 0.186. The molecule has 0 unspecified atom stereocenters. The molecule has 7 aromatic carbocycles. The van der Waals surface area contributed by atoms with Crippen LogP contribution in [0.1, 0.15) is 0 Å². The fourth-order valence-corrected chi connectivity index (χ4v) is 6.52. The zero-order valence-corrected chi connectivity index (χ0v) is 25.9. The molecule has 0 atom stereocenters. The molecule has 5 nitrogen and oxygen atoms in total. The number of hydrogen-bond donors (Lipinski definition) is 0. The lowest BCUT2D eigenvalue weighted by molar-refractivity contribution is 0.669. The molecule has 5 heteroatoms. The van der Waals surface area contributed by atoms with Crippen molar-refractivity contribution in [3.8, 4) is 34.2 Å². The van der Waals surface area contributed by atoms with E-state index in [4.69, 9.17) is 19.4 Å². The molecular weight excluding hydrogens is 589 g/mol. The van der Waals surface area contributed by atoms with Gasteiger partial charge in [0, 0.05) is 38.8 Å². The number of para-hydroxylation sites is 3. The van der Waals surface area contributed by atoms with Crippen LogP contribution in [0.5, 0.6) is 0 Å². The molecule has 2 heterocycles. The van der Waals surface area contributed by atoms with E-state index >= 15 is 0 Å². The number of fused-ring (bicyclic) bond motifs is 5. The van der Waals surface area contributed by atoms with Gasteiger partial charge in [-0.1, -0.05) is 133 Å². The summed E-state index contributed by atoms with van der Waals surface area (Å²) in [5.74, 6) is 1.84. The molecule has 0 aliphatic carbocycles. The summed E-state index contributed by atoms with van der Waals surface area (Å²) < 4.78 is 6.89. The average Bonchev–Trinajstić information content (AvgIpc) is 3.56. The van der Waals surface area contributed by atoms with E-state index in [2.05, 4.69) is 102 Å². The van der Waals surface area contributed by atoms with E-state index in [1.165, 1.54) is 0 Å². The molecule has 9 aromatic rings. The van der Waals surface area contributed by atoms with Crippen molar-refractivity contribution in [2.45, 2.75) is 0 Å². The fourth-order valence-electron chi connectivity index (χ4n) is 6.52. The van der Waals surface area contributed by atoms with Gasteiger partial charge in [-0.2, -0.15) is 0 Å². The van der Waals surface area contributed by atoms with E-state index in [1.54, 1.807) is 0 Å². The number of benzene rings is 7. The Balaban J connectivity index is 1.31. The summed E-state index contributed by atoms with van der Waals surface area (Å²) in [5, 5.41) is 4.24. The van der Waals surface area contributed by atoms with Gasteiger partial charge in [0.25, 0.3) is 0 Å². The third-order valence-corrected chi connectivity index (χ3v) is 8.69. The highest BCUT2D eigenvalue weighted by atomic mass is 16.3. The van der Waals surface area contributed by atoms with Crippen LogP contribution in [0.15, 0.2) is 174 Å². The fraction of sp³-hybridized carbons (Fsp3) is 0. The van der Waals surface area contributed by atoms with Gasteiger partial charge in [-0.05, 0) is 47.2 Å². The van der Waals surface area contributed by atoms with Crippen molar-refractivity contribution >= 4 is 49.8 Å². The van der Waals surface area contributed by atoms with E-state index in [-0.39, 0.29) is 0 Å². The summed E-state index contributed by atoms with van der Waals surface area (Å²) in [7, 11) is 0. The highest BCUT2D eigenvalue weighted by Crippen LogP contribution is 2.45. The predicted molar refractivity (Wildman–Crippen MR) is 196 cm³/mol. The van der Waals surface area contributed by atoms with E-state index in [9.17, 15) is 0 Å². The second-order valence-electron chi connectivity index (χ2n) is 11.6. The van der Waals surface area contributed by atoms with Crippen LogP contribution in [-0.2, 0) is 0 Å². The minimum atomic E-state index is 0.594. The van der Waals surface area contributed by atoms with Crippen LogP contribution in [0.2, 0.25) is 0 Å². The summed E-state index contributed by atoms with van der Waals surface area (Å²) in [4.78, 5) is 17.3. The van der Waals surface area contributed by atoms with Gasteiger partial charge in [-0.15, -0.1) is 0 Å². The summed E-state index contributed by atoms with van der Waals surface area (Å²) in [6, 6.07) is 57.8. The van der Waals surface area contributed by atoms with E-state index in [0.29, 0.717) is 17.5 Å². The molecule has 226 valence electrons. The molecule has 2 aromatic heterocycles. The van der Waals surface area contributed by atoms with Crippen molar-refractivity contribution in [1.82, 2.24) is 15.0 Å². The molecule has 0 bridgehead atoms. The van der Waals surface area contributed by atoms with Gasteiger partial charge in [0.05, 0.1) is 5.69 Å². The molecule has 0 spiro atoms. The first-order valence-electron chi connectivity index (χ1n) is 16.0. The number of hydrogen-bond acceptors (Lipinski definition) is 5. The number of nitrogens with zero attached hydrogens (tertiary/aromatic N) is 4. The lowest BCUT2D eigenvalue weighted by Gasteiger charge is -2.25. The van der Waals surface area contributed by atoms with Gasteiger partial charge in [0.15, 0.2) is 23.1 Å². The molecule has 0 fully saturated rings. The number of furan rings is 1. The Morgan fingerprint density at radius 2 is 0.896 bits per heavy atom. The minimum Gasteiger partial charge on any atom is -0.454 e. The normalized spacial score (nSPS) is 11.3. The first-order valence-corrected chi connectivity index (χ1v) is 16.0. The van der Waals surface area contributed by atoms with E-state index < -0.39 is 0 Å². The third kappa shape index (κ3) is 4.77. The third-order valence-electron chi connectivity index (χ3n) is 8.69. The topological polar surface area (TPSA) is 55.1 Å². The Bertz CT molecular complexity index is 2450. The van der Waals surface area contributed by atoms with Crippen molar-refractivity contribution in [3.05, 3.63) is 170 Å². The van der Waals surface area contributed by atoms with Crippen LogP contribution in [0.3, 0.4) is 0 Å². The monoisotopic (exact) mass is 616 g/mol. The van der Waals surface area contributed by atoms with Crippen molar-refractivity contribution in [1.29, 1.82) is 0 Å². The van der Waals surface area contributed by atoms with Crippen molar-refractivity contribution < 1.29 is 4.42 Å². The Morgan fingerprint density at radius 3 is 1.48 bits per heavy atom. The summed E-state index contributed by atoms with van der Waals surface area (Å²) in [5.41, 5.74) is 7.40. The SMILES string of the molecule is c1ccc(-c2nc(-c3ccccc3)nc(-c3cc4oc5c(N(c6ccccc6)c6ccccc6)cccc5c4c4ccccc34)n2)cc1. The lowest BCUT2D eigenvalue weighted by Crippen LogP contribution is -2.09. The highest BCUT2D eigenvalue weighted by Gasteiger charge is 2.22. The van der Waals surface area contributed by atoms with Crippen LogP contribution in [0.25, 0.3) is 66.9 Å². The van der Waals surface area contributed by atoms with Gasteiger partial charge in [0.1, 0.15) is 5.58 Å². The zero-order valence-electron chi connectivity index (χ0n) is 25.9. The van der Waals surface area contributed by atoms with Gasteiger partial charge < -0.3 is 9.32 Å². The smallest absolute Gasteiger partial charge is 0.164 e. The van der Waals surface area contributed by atoms with E-state index in [1.807, 2.05) is 72.8 Å². The molecule has 48 heavy (non-hydrogen) atoms. The summed E-state index contributed by atoms with van der Waals surface area (Å²) >= 11 is 0. The molecular formula is C43H28N4O. The van der Waals surface area contributed by atoms with Crippen molar-refractivity contribution in [2.75, 3.05) is 4.90 Å². The van der Waals surface area contributed by atoms with Crippen molar-refractivity contribution in [2.24, 2.45) is 0 Å². The Kier molecular flexibility index (Phi) is 6.72. The molecule has 0 aliphatic rings. The summed E-state index contributed by atoms with van der Waals surface area (Å²) in [6.07, 6.45) is 0. The van der Waals surface area contributed by atoms with Crippen LogP contribution in [-0.4, -0.2) is 15.0 Å². The van der Waals surface area contributed by atoms with Gasteiger partial charge in [0.2, 0.25) is 0 Å². The summed E-state index contributed by atoms with van der Waals surface area (Å²) in [6.45, 7) is 0. The largest absolute Gasteiger partial charge is 0.454 e. The van der Waals surface area contributed by atoms with E-state index in [0.717, 1.165) is 66.5 Å². The first-order chi connectivity index (χ1) is 23.8. The average molecular weight is 617 g/mol. The molecule has 9 rings (SSSR count). The molecule has 0 N–H and O–H groups in total. The number of anilines is 3. The van der Waals surface area contributed by atoms with Crippen LogP contribution >= 0.6 is 0 Å². The second-order valence-corrected chi connectivity index (χ2v) is 11.6. The second kappa shape index (κ2) is 11.6. The van der Waals surface area contributed by atoms with Gasteiger partial charge in [-0.25, -0.2) is 15.0 Å². The zero-order chi connectivity index (χ0) is 31.9. The van der Waals surface area contributed by atoms with Gasteiger partial charge >= 0.3 is 0 Å². The Morgan fingerprint density at radius 1 is 0.417 bits per heavy atom. The standard InChI is InChI=1S/C43H28N4O/c1-5-16-29(17-6-1)41-44-42(30-18-7-2-8-19-30)46-43(45-41)36-28-38-39(34-25-14-13-24-33(34)36)35-26-15-27-37(40(35)48-38)47(31-20-9-3-10-21-31)32-22-11-4-12-23-32/h1-28H. The number of rotatable bonds is 6.